The Hall–Kier alpha value is -2.95. The van der Waals surface area contributed by atoms with Gasteiger partial charge in [-0.2, -0.15) is 0 Å². The van der Waals surface area contributed by atoms with Gasteiger partial charge in [0.2, 0.25) is 11.8 Å². The molecule has 1 aromatic carbocycles. The Bertz CT molecular complexity index is 932. The molecular formula is C22H23N3O2. The van der Waals surface area contributed by atoms with Crippen LogP contribution in [0.15, 0.2) is 54.9 Å². The first kappa shape index (κ1) is 17.5. The van der Waals surface area contributed by atoms with Crippen molar-refractivity contribution in [3.8, 4) is 17.0 Å². The van der Waals surface area contributed by atoms with Crippen molar-refractivity contribution in [1.82, 2.24) is 14.9 Å². The van der Waals surface area contributed by atoms with Gasteiger partial charge in [-0.25, -0.2) is 4.98 Å². The average Bonchev–Trinajstić information content (AvgIpc) is 2.74. The topological polar surface area (TPSA) is 55.3 Å². The van der Waals surface area contributed by atoms with Crippen LogP contribution < -0.4 is 4.74 Å². The predicted octanol–water partition coefficient (Wildman–Crippen LogP) is 4.08. The van der Waals surface area contributed by atoms with Crippen LogP contribution in [0.4, 0.5) is 0 Å². The van der Waals surface area contributed by atoms with Crippen molar-refractivity contribution >= 4 is 16.8 Å². The largest absolute Gasteiger partial charge is 0.474 e. The highest BCUT2D eigenvalue weighted by atomic mass is 16.5. The highest BCUT2D eigenvalue weighted by molar-refractivity contribution is 5.83. The van der Waals surface area contributed by atoms with Gasteiger partial charge in [-0.15, -0.1) is 0 Å². The van der Waals surface area contributed by atoms with Gasteiger partial charge in [0.05, 0.1) is 5.52 Å². The molecule has 3 aromatic rings. The van der Waals surface area contributed by atoms with Crippen molar-refractivity contribution in [1.29, 1.82) is 0 Å². The van der Waals surface area contributed by atoms with Gasteiger partial charge in [-0.1, -0.05) is 25.1 Å². The maximum atomic E-state index is 11.8. The summed E-state index contributed by atoms with van der Waals surface area (Å²) >= 11 is 0. The lowest BCUT2D eigenvalue weighted by Crippen LogP contribution is -2.41. The Morgan fingerprint density at radius 3 is 2.67 bits per heavy atom. The Morgan fingerprint density at radius 1 is 1.11 bits per heavy atom. The summed E-state index contributed by atoms with van der Waals surface area (Å²) < 4.78 is 6.02. The van der Waals surface area contributed by atoms with E-state index < -0.39 is 0 Å². The standard InChI is InChI=1S/C22H23N3O2/c1-2-22(26)25-12-9-19(10-13-25)27-21-8-7-18(15-24-21)17-6-5-16-4-3-11-23-20(16)14-17/h3-8,11,14-15,19H,2,9-10,12-13H2,1H3. The summed E-state index contributed by atoms with van der Waals surface area (Å²) in [7, 11) is 0. The Morgan fingerprint density at radius 2 is 1.93 bits per heavy atom. The molecule has 0 unspecified atom stereocenters. The van der Waals surface area contributed by atoms with E-state index in [4.69, 9.17) is 4.74 Å². The summed E-state index contributed by atoms with van der Waals surface area (Å²) in [6, 6.07) is 14.2. The molecule has 1 aliphatic heterocycles. The molecule has 2 aromatic heterocycles. The predicted molar refractivity (Wildman–Crippen MR) is 105 cm³/mol. The molecule has 0 saturated carbocycles. The lowest BCUT2D eigenvalue weighted by Gasteiger charge is -2.31. The number of aromatic nitrogens is 2. The van der Waals surface area contributed by atoms with Gasteiger partial charge in [-0.3, -0.25) is 9.78 Å². The Balaban J connectivity index is 1.41. The third-order valence-corrected chi connectivity index (χ3v) is 5.06. The maximum Gasteiger partial charge on any atom is 0.222 e. The van der Waals surface area contributed by atoms with Crippen molar-refractivity contribution in [3.63, 3.8) is 0 Å². The molecule has 27 heavy (non-hydrogen) atoms. The molecule has 0 atom stereocenters. The van der Waals surface area contributed by atoms with E-state index in [9.17, 15) is 4.79 Å². The second kappa shape index (κ2) is 7.74. The highest BCUT2D eigenvalue weighted by Gasteiger charge is 2.23. The van der Waals surface area contributed by atoms with E-state index >= 15 is 0 Å². The van der Waals surface area contributed by atoms with Gasteiger partial charge in [0.1, 0.15) is 6.10 Å². The molecule has 3 heterocycles. The van der Waals surface area contributed by atoms with E-state index in [0.717, 1.165) is 48.0 Å². The Kier molecular flexibility index (Phi) is 5.01. The van der Waals surface area contributed by atoms with Crippen molar-refractivity contribution in [2.75, 3.05) is 13.1 Å². The molecule has 4 rings (SSSR count). The van der Waals surface area contributed by atoms with Crippen LogP contribution in [0.25, 0.3) is 22.0 Å². The van der Waals surface area contributed by atoms with Gasteiger partial charge >= 0.3 is 0 Å². The molecule has 1 fully saturated rings. The molecule has 138 valence electrons. The number of carbonyl (C=O) groups excluding carboxylic acids is 1. The molecule has 1 aliphatic rings. The number of piperidine rings is 1. The minimum absolute atomic E-state index is 0.120. The van der Waals surface area contributed by atoms with Crippen LogP contribution in [0.5, 0.6) is 5.88 Å². The minimum Gasteiger partial charge on any atom is -0.474 e. The molecule has 0 radical (unpaired) electrons. The third kappa shape index (κ3) is 3.92. The third-order valence-electron chi connectivity index (χ3n) is 5.06. The van der Waals surface area contributed by atoms with Gasteiger partial charge < -0.3 is 9.64 Å². The number of hydrogen-bond acceptors (Lipinski definition) is 4. The van der Waals surface area contributed by atoms with E-state index in [1.54, 1.807) is 6.20 Å². The van der Waals surface area contributed by atoms with Crippen LogP contribution in [0, 0.1) is 0 Å². The van der Waals surface area contributed by atoms with E-state index in [2.05, 4.69) is 34.2 Å². The molecule has 1 amide bonds. The van der Waals surface area contributed by atoms with Gasteiger partial charge in [0.15, 0.2) is 0 Å². The van der Waals surface area contributed by atoms with Crippen LogP contribution in [-0.4, -0.2) is 40.0 Å². The summed E-state index contributed by atoms with van der Waals surface area (Å²) in [5.41, 5.74) is 3.11. The SMILES string of the molecule is CCC(=O)N1CCC(Oc2ccc(-c3ccc4cccnc4c3)cn2)CC1. The van der Waals surface area contributed by atoms with Crippen LogP contribution in [0.2, 0.25) is 0 Å². The number of likely N-dealkylation sites (tertiary alicyclic amines) is 1. The quantitative estimate of drug-likeness (QED) is 0.703. The van der Waals surface area contributed by atoms with Crippen LogP contribution in [0.1, 0.15) is 26.2 Å². The Labute approximate surface area is 159 Å². The number of rotatable bonds is 4. The van der Waals surface area contributed by atoms with Crippen LogP contribution in [0.3, 0.4) is 0 Å². The summed E-state index contributed by atoms with van der Waals surface area (Å²) in [6.45, 7) is 3.43. The lowest BCUT2D eigenvalue weighted by atomic mass is 10.1. The fourth-order valence-electron chi connectivity index (χ4n) is 3.48. The molecule has 0 aliphatic carbocycles. The zero-order valence-corrected chi connectivity index (χ0v) is 15.5. The zero-order chi connectivity index (χ0) is 18.6. The molecule has 1 saturated heterocycles. The zero-order valence-electron chi connectivity index (χ0n) is 15.5. The number of fused-ring (bicyclic) bond motifs is 1. The first-order valence-corrected chi connectivity index (χ1v) is 9.48. The van der Waals surface area contributed by atoms with E-state index in [1.165, 1.54) is 0 Å². The normalized spacial score (nSPS) is 15.1. The fourth-order valence-corrected chi connectivity index (χ4v) is 3.48. The first-order valence-electron chi connectivity index (χ1n) is 9.48. The molecule has 5 heteroatoms. The summed E-state index contributed by atoms with van der Waals surface area (Å²) in [4.78, 5) is 22.6. The molecule has 0 bridgehead atoms. The summed E-state index contributed by atoms with van der Waals surface area (Å²) in [5, 5.41) is 1.13. The maximum absolute atomic E-state index is 11.8. The van der Waals surface area contributed by atoms with Gasteiger partial charge in [-0.05, 0) is 23.8 Å². The van der Waals surface area contributed by atoms with Crippen molar-refractivity contribution in [2.24, 2.45) is 0 Å². The monoisotopic (exact) mass is 361 g/mol. The van der Waals surface area contributed by atoms with Gasteiger partial charge in [0, 0.05) is 61.8 Å². The van der Waals surface area contributed by atoms with Crippen molar-refractivity contribution < 1.29 is 9.53 Å². The number of hydrogen-bond donors (Lipinski definition) is 0. The number of amides is 1. The number of carbonyl (C=O) groups is 1. The minimum atomic E-state index is 0.120. The number of ether oxygens (including phenoxy) is 1. The van der Waals surface area contributed by atoms with Crippen molar-refractivity contribution in [3.05, 3.63) is 54.9 Å². The second-order valence-corrected chi connectivity index (χ2v) is 6.85. The highest BCUT2D eigenvalue weighted by Crippen LogP contribution is 2.25. The van der Waals surface area contributed by atoms with Crippen LogP contribution >= 0.6 is 0 Å². The molecular weight excluding hydrogens is 338 g/mol. The van der Waals surface area contributed by atoms with Crippen LogP contribution in [-0.2, 0) is 4.79 Å². The molecule has 0 N–H and O–H groups in total. The molecule has 5 nitrogen and oxygen atoms in total. The van der Waals surface area contributed by atoms with E-state index in [0.29, 0.717) is 12.3 Å². The molecule has 0 spiro atoms. The van der Waals surface area contributed by atoms with Gasteiger partial charge in [0.25, 0.3) is 0 Å². The fraction of sp³-hybridized carbons (Fsp3) is 0.318. The van der Waals surface area contributed by atoms with Crippen molar-refractivity contribution in [2.45, 2.75) is 32.3 Å². The number of benzene rings is 1. The summed E-state index contributed by atoms with van der Waals surface area (Å²) in [6.07, 6.45) is 6.04. The first-order chi connectivity index (χ1) is 13.2. The van der Waals surface area contributed by atoms with E-state index in [-0.39, 0.29) is 12.0 Å². The average molecular weight is 361 g/mol. The number of nitrogens with zero attached hydrogens (tertiary/aromatic N) is 3. The lowest BCUT2D eigenvalue weighted by molar-refractivity contribution is -0.132. The van der Waals surface area contributed by atoms with E-state index in [1.807, 2.05) is 36.2 Å². The smallest absolute Gasteiger partial charge is 0.222 e. The number of pyridine rings is 2. The summed E-state index contributed by atoms with van der Waals surface area (Å²) in [5.74, 6) is 0.860. The second-order valence-electron chi connectivity index (χ2n) is 6.85.